The number of alkyl halides is 1. The van der Waals surface area contributed by atoms with E-state index in [2.05, 4.69) is 0 Å². The fraction of sp³-hybridized carbons (Fsp3) is 0.300. The topological polar surface area (TPSA) is 66.8 Å². The van der Waals surface area contributed by atoms with E-state index >= 15 is 0 Å². The van der Waals surface area contributed by atoms with Crippen molar-refractivity contribution in [1.29, 1.82) is 0 Å². The molecule has 16 heavy (non-hydrogen) atoms. The first-order valence-electron chi connectivity index (χ1n) is 4.53. The molecule has 0 spiro atoms. The Labute approximate surface area is 101 Å². The fourth-order valence-corrected chi connectivity index (χ4v) is 2.24. The van der Waals surface area contributed by atoms with Gasteiger partial charge in [0, 0.05) is 11.6 Å². The molecule has 0 saturated carbocycles. The van der Waals surface area contributed by atoms with Crippen molar-refractivity contribution in [2.24, 2.45) is 0 Å². The molecule has 1 aliphatic heterocycles. The second-order valence-corrected chi connectivity index (χ2v) is 4.38. The molecule has 1 aromatic carbocycles. The van der Waals surface area contributed by atoms with Gasteiger partial charge in [-0.15, -0.1) is 11.6 Å². The molecule has 0 aliphatic carbocycles. The third-order valence-electron chi connectivity index (χ3n) is 2.45. The Balaban J connectivity index is 2.76. The maximum Gasteiger partial charge on any atom is 0.342 e. The standard InChI is InChI=1S/C10H8Cl2O4/c1-3-8(11)7-6(10(15)16-3)4(13)2-5(14)9(7)12/h2-3,8,13-14H,1H3/t3-,8+/m1/s1. The lowest BCUT2D eigenvalue weighted by Crippen LogP contribution is -2.27. The molecule has 6 heteroatoms. The second-order valence-electron chi connectivity index (χ2n) is 3.53. The number of hydrogen-bond donors (Lipinski definition) is 2. The van der Waals surface area contributed by atoms with Crippen LogP contribution in [0, 0.1) is 0 Å². The highest BCUT2D eigenvalue weighted by atomic mass is 35.5. The van der Waals surface area contributed by atoms with Crippen molar-refractivity contribution in [2.75, 3.05) is 0 Å². The monoisotopic (exact) mass is 262 g/mol. The van der Waals surface area contributed by atoms with Crippen LogP contribution in [0.15, 0.2) is 6.07 Å². The van der Waals surface area contributed by atoms with E-state index in [0.29, 0.717) is 0 Å². The molecule has 0 aromatic heterocycles. The van der Waals surface area contributed by atoms with Crippen molar-refractivity contribution in [2.45, 2.75) is 18.4 Å². The number of halogens is 2. The molecule has 1 aromatic rings. The van der Waals surface area contributed by atoms with Gasteiger partial charge in [-0.05, 0) is 6.92 Å². The van der Waals surface area contributed by atoms with Crippen LogP contribution in [0.25, 0.3) is 0 Å². The minimum absolute atomic E-state index is 0.0312. The van der Waals surface area contributed by atoms with Crippen LogP contribution in [0.3, 0.4) is 0 Å². The van der Waals surface area contributed by atoms with E-state index < -0.39 is 17.5 Å². The highest BCUT2D eigenvalue weighted by molar-refractivity contribution is 6.35. The largest absolute Gasteiger partial charge is 0.507 e. The molecule has 2 N–H and O–H groups in total. The summed E-state index contributed by atoms with van der Waals surface area (Å²) in [6.45, 7) is 1.61. The molecule has 1 aliphatic rings. The van der Waals surface area contributed by atoms with Crippen molar-refractivity contribution in [1.82, 2.24) is 0 Å². The number of aromatic hydroxyl groups is 2. The van der Waals surface area contributed by atoms with Crippen LogP contribution in [0.1, 0.15) is 28.2 Å². The second kappa shape index (κ2) is 3.71. The van der Waals surface area contributed by atoms with E-state index in [4.69, 9.17) is 27.9 Å². The third kappa shape index (κ3) is 1.49. The number of rotatable bonds is 0. The number of ether oxygens (including phenoxy) is 1. The maximum atomic E-state index is 11.5. The number of benzene rings is 1. The van der Waals surface area contributed by atoms with Crippen molar-refractivity contribution in [3.63, 3.8) is 0 Å². The van der Waals surface area contributed by atoms with Crippen molar-refractivity contribution in [3.8, 4) is 11.5 Å². The average Bonchev–Trinajstić information content (AvgIpc) is 2.20. The molecule has 2 atom stereocenters. The molecule has 0 bridgehead atoms. The number of carbonyl (C=O) groups excluding carboxylic acids is 1. The van der Waals surface area contributed by atoms with E-state index in [1.165, 1.54) is 0 Å². The molecule has 0 fully saturated rings. The third-order valence-corrected chi connectivity index (χ3v) is 3.42. The maximum absolute atomic E-state index is 11.5. The summed E-state index contributed by atoms with van der Waals surface area (Å²) in [6, 6.07) is 0.988. The molecular weight excluding hydrogens is 255 g/mol. The van der Waals surface area contributed by atoms with Gasteiger partial charge >= 0.3 is 5.97 Å². The number of esters is 1. The number of phenolic OH excluding ortho intramolecular Hbond substituents is 2. The first-order chi connectivity index (χ1) is 7.43. The van der Waals surface area contributed by atoms with Gasteiger partial charge in [0.2, 0.25) is 0 Å². The Morgan fingerprint density at radius 1 is 1.38 bits per heavy atom. The Hall–Kier alpha value is -1.13. The van der Waals surface area contributed by atoms with Gasteiger partial charge in [-0.3, -0.25) is 0 Å². The number of cyclic esters (lactones) is 1. The summed E-state index contributed by atoms with van der Waals surface area (Å²) in [5, 5.41) is 18.3. The van der Waals surface area contributed by atoms with Crippen LogP contribution in [0.4, 0.5) is 0 Å². The Bertz CT molecular complexity index is 472. The van der Waals surface area contributed by atoms with Gasteiger partial charge in [-0.1, -0.05) is 11.6 Å². The highest BCUT2D eigenvalue weighted by Crippen LogP contribution is 2.45. The van der Waals surface area contributed by atoms with Crippen molar-refractivity contribution in [3.05, 3.63) is 22.2 Å². The molecule has 0 amide bonds. The van der Waals surface area contributed by atoms with E-state index in [9.17, 15) is 15.0 Å². The van der Waals surface area contributed by atoms with Gasteiger partial charge in [0.15, 0.2) is 0 Å². The van der Waals surface area contributed by atoms with E-state index in [-0.39, 0.29) is 27.6 Å². The first-order valence-corrected chi connectivity index (χ1v) is 5.34. The molecule has 2 rings (SSSR count). The van der Waals surface area contributed by atoms with E-state index in [1.807, 2.05) is 0 Å². The molecule has 0 radical (unpaired) electrons. The quantitative estimate of drug-likeness (QED) is 0.557. The Morgan fingerprint density at radius 3 is 2.62 bits per heavy atom. The molecule has 86 valence electrons. The van der Waals surface area contributed by atoms with Crippen LogP contribution in [0.2, 0.25) is 5.02 Å². The van der Waals surface area contributed by atoms with Gasteiger partial charge in [0.1, 0.15) is 23.2 Å². The Kier molecular flexibility index (Phi) is 2.64. The molecule has 1 heterocycles. The SMILES string of the molecule is C[C@H]1OC(=O)c2c(O)cc(O)c(Cl)c2[C@H]1Cl. The predicted octanol–water partition coefficient (Wildman–Crippen LogP) is 2.59. The van der Waals surface area contributed by atoms with Gasteiger partial charge in [0.05, 0.1) is 10.4 Å². The molecule has 4 nitrogen and oxygen atoms in total. The Morgan fingerprint density at radius 2 is 2.00 bits per heavy atom. The summed E-state index contributed by atoms with van der Waals surface area (Å²) in [5.74, 6) is -1.40. The minimum atomic E-state index is -0.696. The van der Waals surface area contributed by atoms with Crippen LogP contribution < -0.4 is 0 Å². The number of phenols is 2. The highest BCUT2D eigenvalue weighted by Gasteiger charge is 2.36. The summed E-state index contributed by atoms with van der Waals surface area (Å²) in [4.78, 5) is 11.5. The van der Waals surface area contributed by atoms with Crippen LogP contribution in [-0.4, -0.2) is 22.3 Å². The summed E-state index contributed by atoms with van der Waals surface area (Å²) in [5.41, 5.74) is 0.130. The minimum Gasteiger partial charge on any atom is -0.507 e. The van der Waals surface area contributed by atoms with E-state index in [0.717, 1.165) is 6.07 Å². The zero-order chi connectivity index (χ0) is 12.0. The van der Waals surface area contributed by atoms with Crippen LogP contribution >= 0.6 is 23.2 Å². The van der Waals surface area contributed by atoms with Gasteiger partial charge in [-0.25, -0.2) is 4.79 Å². The molecule has 0 saturated heterocycles. The average molecular weight is 263 g/mol. The van der Waals surface area contributed by atoms with Crippen molar-refractivity contribution >= 4 is 29.2 Å². The van der Waals surface area contributed by atoms with Gasteiger partial charge < -0.3 is 14.9 Å². The number of carbonyl (C=O) groups is 1. The summed E-state index contributed by atoms with van der Waals surface area (Å²) in [6.07, 6.45) is -0.569. The molecular formula is C10H8Cl2O4. The lowest BCUT2D eigenvalue weighted by atomic mass is 9.97. The molecule has 0 unspecified atom stereocenters. The van der Waals surface area contributed by atoms with Crippen LogP contribution in [0.5, 0.6) is 11.5 Å². The van der Waals surface area contributed by atoms with Crippen LogP contribution in [-0.2, 0) is 4.74 Å². The summed E-state index contributed by atoms with van der Waals surface area (Å²) >= 11 is 11.9. The smallest absolute Gasteiger partial charge is 0.342 e. The predicted molar refractivity (Wildman–Crippen MR) is 58.3 cm³/mol. The first kappa shape index (κ1) is 11.4. The number of fused-ring (bicyclic) bond motifs is 1. The lowest BCUT2D eigenvalue weighted by molar-refractivity contribution is 0.0284. The zero-order valence-electron chi connectivity index (χ0n) is 8.20. The fourth-order valence-electron chi connectivity index (χ4n) is 1.65. The summed E-state index contributed by atoms with van der Waals surface area (Å²) in [7, 11) is 0. The summed E-state index contributed by atoms with van der Waals surface area (Å²) < 4.78 is 4.93. The zero-order valence-corrected chi connectivity index (χ0v) is 9.71. The number of hydrogen-bond acceptors (Lipinski definition) is 4. The normalized spacial score (nSPS) is 23.8. The van der Waals surface area contributed by atoms with Crippen molar-refractivity contribution < 1.29 is 19.7 Å². The van der Waals surface area contributed by atoms with E-state index in [1.54, 1.807) is 6.92 Å². The van der Waals surface area contributed by atoms with Gasteiger partial charge in [-0.2, -0.15) is 0 Å². The van der Waals surface area contributed by atoms with Gasteiger partial charge in [0.25, 0.3) is 0 Å². The lowest BCUT2D eigenvalue weighted by Gasteiger charge is -2.28.